The number of anilines is 1. The largest absolute Gasteiger partial charge is 0.325 e. The molecule has 1 N–H and O–H groups in total. The lowest BCUT2D eigenvalue weighted by Gasteiger charge is -2.23. The van der Waals surface area contributed by atoms with E-state index in [0.29, 0.717) is 12.6 Å². The Morgan fingerprint density at radius 2 is 2.21 bits per heavy atom. The molecule has 1 aromatic rings. The molecule has 19 heavy (non-hydrogen) atoms. The van der Waals surface area contributed by atoms with Crippen LogP contribution in [0.3, 0.4) is 0 Å². The number of likely N-dealkylation sites (N-methyl/N-ethyl adjacent to an activating group) is 1. The Bertz CT molecular complexity index is 439. The number of aryl methyl sites for hydroxylation is 1. The summed E-state index contributed by atoms with van der Waals surface area (Å²) in [5.74, 6) is 1.05. The fraction of sp³-hybridized carbons (Fsp3) is 0.500. The van der Waals surface area contributed by atoms with Gasteiger partial charge in [0.2, 0.25) is 5.91 Å². The highest BCUT2D eigenvalue weighted by Crippen LogP contribution is 2.19. The lowest BCUT2D eigenvalue weighted by atomic mass is 10.2. The zero-order chi connectivity index (χ0) is 14.4. The fourth-order valence-corrected chi connectivity index (χ4v) is 2.66. The molecule has 1 amide bonds. The maximum absolute atomic E-state index is 12.0. The van der Waals surface area contributed by atoms with Crippen LogP contribution in [0, 0.1) is 6.92 Å². The summed E-state index contributed by atoms with van der Waals surface area (Å²) in [7, 11) is 1.98. The van der Waals surface area contributed by atoms with Gasteiger partial charge in [-0.05, 0) is 50.9 Å². The van der Waals surface area contributed by atoms with Gasteiger partial charge in [-0.25, -0.2) is 0 Å². The summed E-state index contributed by atoms with van der Waals surface area (Å²) in [5.41, 5.74) is 1.96. The van der Waals surface area contributed by atoms with Crippen LogP contribution in [0.25, 0.3) is 0 Å². The average Bonchev–Trinajstić information content (AvgIpc) is 2.34. The molecular formula is C14H21BrN2OS. The summed E-state index contributed by atoms with van der Waals surface area (Å²) in [4.78, 5) is 14.0. The molecular weight excluding hydrogens is 324 g/mol. The molecule has 0 saturated carbocycles. The maximum atomic E-state index is 12.0. The maximum Gasteiger partial charge on any atom is 0.238 e. The van der Waals surface area contributed by atoms with Gasteiger partial charge >= 0.3 is 0 Å². The van der Waals surface area contributed by atoms with Gasteiger partial charge in [0.25, 0.3) is 0 Å². The Balaban J connectivity index is 2.53. The molecule has 0 aliphatic rings. The summed E-state index contributed by atoms with van der Waals surface area (Å²) in [6, 6.07) is 6.21. The quantitative estimate of drug-likeness (QED) is 0.858. The van der Waals surface area contributed by atoms with Crippen molar-refractivity contribution in [3.05, 3.63) is 28.2 Å². The van der Waals surface area contributed by atoms with Crippen molar-refractivity contribution in [1.82, 2.24) is 4.90 Å². The van der Waals surface area contributed by atoms with Crippen LogP contribution in [0.2, 0.25) is 0 Å². The molecule has 1 atom stereocenters. The number of hydrogen-bond donors (Lipinski definition) is 1. The molecule has 0 aliphatic heterocycles. The number of carbonyl (C=O) groups excluding carboxylic acids is 1. The topological polar surface area (TPSA) is 32.3 Å². The number of amides is 1. The van der Waals surface area contributed by atoms with Gasteiger partial charge in [0.05, 0.1) is 6.54 Å². The third-order valence-corrected chi connectivity index (χ3v) is 4.70. The Hall–Kier alpha value is -0.520. The highest BCUT2D eigenvalue weighted by atomic mass is 79.9. The summed E-state index contributed by atoms with van der Waals surface area (Å²) in [5, 5.41) is 2.93. The summed E-state index contributed by atoms with van der Waals surface area (Å²) >= 11 is 5.24. The monoisotopic (exact) mass is 344 g/mol. The first-order valence-electron chi connectivity index (χ1n) is 6.19. The number of nitrogens with one attached hydrogen (secondary N) is 1. The molecule has 0 radical (unpaired) electrons. The number of hydrogen-bond acceptors (Lipinski definition) is 3. The predicted octanol–water partition coefficient (Wildman–Crippen LogP) is 3.38. The van der Waals surface area contributed by atoms with Gasteiger partial charge in [0.1, 0.15) is 0 Å². The van der Waals surface area contributed by atoms with Crippen molar-refractivity contribution < 1.29 is 4.79 Å². The van der Waals surface area contributed by atoms with E-state index in [1.165, 1.54) is 0 Å². The second-order valence-corrected chi connectivity index (χ2v) is 6.50. The van der Waals surface area contributed by atoms with Crippen molar-refractivity contribution in [3.8, 4) is 0 Å². The first-order chi connectivity index (χ1) is 8.93. The molecule has 0 aliphatic carbocycles. The van der Waals surface area contributed by atoms with Crippen LogP contribution in [0.15, 0.2) is 22.7 Å². The Kier molecular flexibility index (Phi) is 6.89. The molecule has 0 heterocycles. The number of thioether (sulfide) groups is 1. The number of benzene rings is 1. The molecule has 106 valence electrons. The molecule has 3 nitrogen and oxygen atoms in total. The van der Waals surface area contributed by atoms with Crippen molar-refractivity contribution in [2.24, 2.45) is 0 Å². The Morgan fingerprint density at radius 1 is 1.53 bits per heavy atom. The van der Waals surface area contributed by atoms with Gasteiger partial charge in [-0.2, -0.15) is 11.8 Å². The predicted molar refractivity (Wildman–Crippen MR) is 88.0 cm³/mol. The minimum absolute atomic E-state index is 0.0252. The smallest absolute Gasteiger partial charge is 0.238 e. The van der Waals surface area contributed by atoms with E-state index in [1.807, 2.05) is 32.2 Å². The molecule has 0 spiro atoms. The second-order valence-electron chi connectivity index (χ2n) is 4.73. The van der Waals surface area contributed by atoms with Gasteiger partial charge in [-0.15, -0.1) is 0 Å². The molecule has 0 bridgehead atoms. The van der Waals surface area contributed by atoms with Crippen LogP contribution in [0.5, 0.6) is 0 Å². The van der Waals surface area contributed by atoms with Crippen LogP contribution < -0.4 is 5.32 Å². The lowest BCUT2D eigenvalue weighted by Crippen LogP contribution is -2.37. The molecule has 1 aromatic carbocycles. The van der Waals surface area contributed by atoms with E-state index in [4.69, 9.17) is 0 Å². The van der Waals surface area contributed by atoms with Crippen molar-refractivity contribution in [3.63, 3.8) is 0 Å². The Labute approximate surface area is 128 Å². The van der Waals surface area contributed by atoms with E-state index in [9.17, 15) is 4.79 Å². The number of nitrogens with zero attached hydrogens (tertiary/aromatic N) is 1. The van der Waals surface area contributed by atoms with E-state index in [-0.39, 0.29) is 5.91 Å². The average molecular weight is 345 g/mol. The van der Waals surface area contributed by atoms with Gasteiger partial charge in [-0.1, -0.05) is 15.9 Å². The van der Waals surface area contributed by atoms with Crippen molar-refractivity contribution in [1.29, 1.82) is 0 Å². The molecule has 0 fully saturated rings. The Morgan fingerprint density at radius 3 is 2.79 bits per heavy atom. The number of carbonyl (C=O) groups is 1. The number of rotatable bonds is 6. The van der Waals surface area contributed by atoms with Gasteiger partial charge < -0.3 is 5.32 Å². The molecule has 1 unspecified atom stereocenters. The van der Waals surface area contributed by atoms with Crippen LogP contribution in [-0.2, 0) is 4.79 Å². The van der Waals surface area contributed by atoms with Gasteiger partial charge in [0.15, 0.2) is 0 Å². The van der Waals surface area contributed by atoms with Crippen molar-refractivity contribution in [2.45, 2.75) is 19.9 Å². The molecule has 1 rings (SSSR count). The lowest BCUT2D eigenvalue weighted by molar-refractivity contribution is -0.117. The summed E-state index contributed by atoms with van der Waals surface area (Å²) in [6.07, 6.45) is 2.08. The molecule has 0 saturated heterocycles. The van der Waals surface area contributed by atoms with E-state index in [0.717, 1.165) is 21.5 Å². The van der Waals surface area contributed by atoms with Crippen LogP contribution in [0.1, 0.15) is 12.5 Å². The van der Waals surface area contributed by atoms with E-state index < -0.39 is 0 Å². The van der Waals surface area contributed by atoms with Crippen LogP contribution >= 0.6 is 27.7 Å². The standard InChI is InChI=1S/C14H21BrN2OS/c1-10-7-12(5-6-13(10)15)16-14(18)8-17(3)11(2)9-19-4/h5-7,11H,8-9H2,1-4H3,(H,16,18). The summed E-state index contributed by atoms with van der Waals surface area (Å²) < 4.78 is 1.05. The van der Waals surface area contributed by atoms with E-state index in [2.05, 4.69) is 39.3 Å². The van der Waals surface area contributed by atoms with Crippen molar-refractivity contribution >= 4 is 39.3 Å². The minimum atomic E-state index is 0.0252. The molecule has 0 aromatic heterocycles. The zero-order valence-corrected chi connectivity index (χ0v) is 14.3. The number of halogens is 1. The van der Waals surface area contributed by atoms with E-state index >= 15 is 0 Å². The van der Waals surface area contributed by atoms with Crippen LogP contribution in [0.4, 0.5) is 5.69 Å². The first-order valence-corrected chi connectivity index (χ1v) is 8.38. The van der Waals surface area contributed by atoms with Gasteiger partial charge in [-0.3, -0.25) is 9.69 Å². The summed E-state index contributed by atoms with van der Waals surface area (Å²) in [6.45, 7) is 4.55. The highest BCUT2D eigenvalue weighted by molar-refractivity contribution is 9.10. The molecule has 5 heteroatoms. The third-order valence-electron chi connectivity index (χ3n) is 3.00. The first kappa shape index (κ1) is 16.5. The van der Waals surface area contributed by atoms with Crippen molar-refractivity contribution in [2.75, 3.05) is 30.9 Å². The SMILES string of the molecule is CSCC(C)N(C)CC(=O)Nc1ccc(Br)c(C)c1. The highest BCUT2D eigenvalue weighted by Gasteiger charge is 2.12. The normalized spacial score (nSPS) is 12.5. The van der Waals surface area contributed by atoms with Crippen LogP contribution in [-0.4, -0.2) is 42.4 Å². The third kappa shape index (κ3) is 5.55. The fourth-order valence-electron chi connectivity index (χ4n) is 1.67. The second kappa shape index (κ2) is 7.92. The van der Waals surface area contributed by atoms with E-state index in [1.54, 1.807) is 11.8 Å². The zero-order valence-electron chi connectivity index (χ0n) is 11.9. The minimum Gasteiger partial charge on any atom is -0.325 e. The van der Waals surface area contributed by atoms with Gasteiger partial charge in [0, 0.05) is 22.0 Å².